The maximum Gasteiger partial charge on any atom is 0.135 e. The molecule has 2 atom stereocenters. The van der Waals surface area contributed by atoms with Crippen molar-refractivity contribution in [3.8, 4) is 5.75 Å². The maximum absolute atomic E-state index is 13.4. The van der Waals surface area contributed by atoms with Gasteiger partial charge in [0.2, 0.25) is 0 Å². The minimum Gasteiger partial charge on any atom is -0.497 e. The first-order valence-corrected chi connectivity index (χ1v) is 4.51. The van der Waals surface area contributed by atoms with Crippen molar-refractivity contribution in [1.29, 1.82) is 0 Å². The second kappa shape index (κ2) is 5.20. The van der Waals surface area contributed by atoms with Crippen molar-refractivity contribution in [2.24, 2.45) is 0 Å². The summed E-state index contributed by atoms with van der Waals surface area (Å²) in [6.07, 6.45) is -3.46. The van der Waals surface area contributed by atoms with E-state index in [1.165, 1.54) is 7.11 Å². The summed E-state index contributed by atoms with van der Waals surface area (Å²) in [6.45, 7) is -0.800. The van der Waals surface area contributed by atoms with Gasteiger partial charge in [-0.15, -0.1) is 0 Å². The molecule has 0 radical (unpaired) electrons. The molecule has 6 heteroatoms. The van der Waals surface area contributed by atoms with Gasteiger partial charge in [0.15, 0.2) is 0 Å². The number of hydrogen-bond donors (Lipinski definition) is 3. The SMILES string of the molecule is COc1cc(F)c(C(O)C(O)CO)c(F)c1. The van der Waals surface area contributed by atoms with Crippen molar-refractivity contribution in [3.63, 3.8) is 0 Å². The highest BCUT2D eigenvalue weighted by molar-refractivity contribution is 5.32. The van der Waals surface area contributed by atoms with E-state index in [0.717, 1.165) is 12.1 Å². The fraction of sp³-hybridized carbons (Fsp3) is 0.400. The van der Waals surface area contributed by atoms with Crippen LogP contribution < -0.4 is 4.74 Å². The lowest BCUT2D eigenvalue weighted by molar-refractivity contribution is -0.0185. The molecule has 1 aromatic carbocycles. The smallest absolute Gasteiger partial charge is 0.135 e. The van der Waals surface area contributed by atoms with E-state index in [4.69, 9.17) is 10.2 Å². The van der Waals surface area contributed by atoms with Gasteiger partial charge in [0.1, 0.15) is 29.6 Å². The van der Waals surface area contributed by atoms with Crippen molar-refractivity contribution in [3.05, 3.63) is 29.3 Å². The molecule has 0 bridgehead atoms. The van der Waals surface area contributed by atoms with Crippen LogP contribution in [0.1, 0.15) is 11.7 Å². The normalized spacial score (nSPS) is 14.6. The number of benzene rings is 1. The average molecular weight is 234 g/mol. The minimum atomic E-state index is -1.82. The lowest BCUT2D eigenvalue weighted by Gasteiger charge is -2.17. The molecule has 2 unspecified atom stereocenters. The third-order valence-corrected chi connectivity index (χ3v) is 2.14. The van der Waals surface area contributed by atoms with Crippen molar-refractivity contribution in [2.75, 3.05) is 13.7 Å². The molecule has 0 saturated carbocycles. The molecule has 1 aromatic rings. The Balaban J connectivity index is 3.14. The summed E-state index contributed by atoms with van der Waals surface area (Å²) in [5.41, 5.74) is -0.692. The molecular formula is C10H12F2O4. The van der Waals surface area contributed by atoms with Crippen LogP contribution in [-0.2, 0) is 0 Å². The summed E-state index contributed by atoms with van der Waals surface area (Å²) in [5.74, 6) is -2.13. The quantitative estimate of drug-likeness (QED) is 0.703. The van der Waals surface area contributed by atoms with Crippen LogP contribution in [0.15, 0.2) is 12.1 Å². The van der Waals surface area contributed by atoms with Gasteiger partial charge in [0.05, 0.1) is 19.3 Å². The monoisotopic (exact) mass is 234 g/mol. The predicted octanol–water partition coefficient (Wildman–Crippen LogP) is 0.360. The summed E-state index contributed by atoms with van der Waals surface area (Å²) in [6, 6.07) is 1.76. The van der Waals surface area contributed by atoms with Gasteiger partial charge < -0.3 is 20.1 Å². The molecular weight excluding hydrogens is 222 g/mol. The second-order valence-electron chi connectivity index (χ2n) is 3.20. The van der Waals surface area contributed by atoms with Crippen LogP contribution in [0.4, 0.5) is 8.78 Å². The highest BCUT2D eigenvalue weighted by atomic mass is 19.1. The first kappa shape index (κ1) is 12.8. The highest BCUT2D eigenvalue weighted by Gasteiger charge is 2.25. The van der Waals surface area contributed by atoms with Crippen LogP contribution in [0, 0.1) is 11.6 Å². The zero-order valence-corrected chi connectivity index (χ0v) is 8.52. The number of methoxy groups -OCH3 is 1. The Morgan fingerprint density at radius 2 is 1.75 bits per heavy atom. The molecule has 0 saturated heterocycles. The third-order valence-electron chi connectivity index (χ3n) is 2.14. The Morgan fingerprint density at radius 1 is 1.25 bits per heavy atom. The Labute approximate surface area is 90.7 Å². The molecule has 16 heavy (non-hydrogen) atoms. The molecule has 0 aliphatic rings. The Hall–Kier alpha value is -1.24. The number of rotatable bonds is 4. The fourth-order valence-electron chi connectivity index (χ4n) is 1.25. The second-order valence-corrected chi connectivity index (χ2v) is 3.20. The van der Waals surface area contributed by atoms with Gasteiger partial charge in [-0.05, 0) is 0 Å². The highest BCUT2D eigenvalue weighted by Crippen LogP contribution is 2.27. The number of ether oxygens (including phenoxy) is 1. The van der Waals surface area contributed by atoms with Crippen LogP contribution >= 0.6 is 0 Å². The van der Waals surface area contributed by atoms with Gasteiger partial charge in [-0.1, -0.05) is 0 Å². The summed E-state index contributed by atoms with van der Waals surface area (Å²) in [7, 11) is 1.24. The number of aliphatic hydroxyl groups excluding tert-OH is 3. The molecule has 0 aromatic heterocycles. The molecule has 0 spiro atoms. The van der Waals surface area contributed by atoms with Crippen molar-refractivity contribution < 1.29 is 28.8 Å². The van der Waals surface area contributed by atoms with Crippen LogP contribution in [-0.4, -0.2) is 35.1 Å². The summed E-state index contributed by atoms with van der Waals surface area (Å²) in [5, 5.41) is 27.0. The van der Waals surface area contributed by atoms with E-state index in [-0.39, 0.29) is 5.75 Å². The molecule has 90 valence electrons. The van der Waals surface area contributed by atoms with E-state index < -0.39 is 36.0 Å². The largest absolute Gasteiger partial charge is 0.497 e. The minimum absolute atomic E-state index is 0.0376. The van der Waals surface area contributed by atoms with Gasteiger partial charge in [-0.3, -0.25) is 0 Å². The summed E-state index contributed by atoms with van der Waals surface area (Å²) in [4.78, 5) is 0. The zero-order chi connectivity index (χ0) is 12.3. The molecule has 0 aliphatic carbocycles. The van der Waals surface area contributed by atoms with E-state index in [0.29, 0.717) is 0 Å². The van der Waals surface area contributed by atoms with E-state index >= 15 is 0 Å². The summed E-state index contributed by atoms with van der Waals surface area (Å²) < 4.78 is 31.4. The Kier molecular flexibility index (Phi) is 4.17. The molecule has 4 nitrogen and oxygen atoms in total. The predicted molar refractivity (Wildman–Crippen MR) is 51.0 cm³/mol. The van der Waals surface area contributed by atoms with Gasteiger partial charge in [-0.25, -0.2) is 8.78 Å². The van der Waals surface area contributed by atoms with E-state index in [1.807, 2.05) is 0 Å². The Morgan fingerprint density at radius 3 is 2.12 bits per heavy atom. The molecule has 0 heterocycles. The van der Waals surface area contributed by atoms with Crippen LogP contribution in [0.25, 0.3) is 0 Å². The van der Waals surface area contributed by atoms with E-state index in [1.54, 1.807) is 0 Å². The Bertz CT molecular complexity index is 347. The van der Waals surface area contributed by atoms with Gasteiger partial charge in [-0.2, -0.15) is 0 Å². The topological polar surface area (TPSA) is 69.9 Å². The van der Waals surface area contributed by atoms with Crippen LogP contribution in [0.3, 0.4) is 0 Å². The standard InChI is InChI=1S/C10H12F2O4/c1-16-5-2-6(11)9(7(12)3-5)10(15)8(14)4-13/h2-3,8,10,13-15H,4H2,1H3. The lowest BCUT2D eigenvalue weighted by Crippen LogP contribution is -2.24. The average Bonchev–Trinajstić information content (AvgIpc) is 2.26. The van der Waals surface area contributed by atoms with Crippen molar-refractivity contribution >= 4 is 0 Å². The molecule has 0 aliphatic heterocycles. The maximum atomic E-state index is 13.4. The number of aliphatic hydroxyl groups is 3. The number of hydrogen-bond acceptors (Lipinski definition) is 4. The van der Waals surface area contributed by atoms with E-state index in [2.05, 4.69) is 4.74 Å². The van der Waals surface area contributed by atoms with Gasteiger partial charge in [0, 0.05) is 12.1 Å². The third kappa shape index (κ3) is 2.46. The number of halogens is 2. The lowest BCUT2D eigenvalue weighted by atomic mass is 10.0. The molecule has 3 N–H and O–H groups in total. The molecule has 1 rings (SSSR count). The fourth-order valence-corrected chi connectivity index (χ4v) is 1.25. The zero-order valence-electron chi connectivity index (χ0n) is 8.52. The molecule has 0 fully saturated rings. The van der Waals surface area contributed by atoms with E-state index in [9.17, 15) is 13.9 Å². The van der Waals surface area contributed by atoms with Crippen molar-refractivity contribution in [2.45, 2.75) is 12.2 Å². The molecule has 0 amide bonds. The van der Waals surface area contributed by atoms with Crippen LogP contribution in [0.5, 0.6) is 5.75 Å². The van der Waals surface area contributed by atoms with Gasteiger partial charge >= 0.3 is 0 Å². The summed E-state index contributed by atoms with van der Waals surface area (Å²) >= 11 is 0. The van der Waals surface area contributed by atoms with Crippen LogP contribution in [0.2, 0.25) is 0 Å². The van der Waals surface area contributed by atoms with Crippen molar-refractivity contribution in [1.82, 2.24) is 0 Å². The first-order valence-electron chi connectivity index (χ1n) is 4.51. The first-order chi connectivity index (χ1) is 7.51. The van der Waals surface area contributed by atoms with Gasteiger partial charge in [0.25, 0.3) is 0 Å².